The maximum atomic E-state index is 11.8. The Labute approximate surface area is 161 Å². The topological polar surface area (TPSA) is 89.9 Å². The molecule has 1 aliphatic rings. The molecule has 1 saturated heterocycles. The molecule has 0 aliphatic carbocycles. The largest absolute Gasteiger partial charge is 0.481 e. The molecular weight excluding hydrogens is 344 g/mol. The summed E-state index contributed by atoms with van der Waals surface area (Å²) in [6.45, 7) is 9.24. The smallest absolute Gasteiger partial charge is 0.407 e. The Morgan fingerprint density at radius 2 is 1.85 bits per heavy atom. The van der Waals surface area contributed by atoms with E-state index in [9.17, 15) is 19.8 Å². The van der Waals surface area contributed by atoms with Gasteiger partial charge in [-0.1, -0.05) is 58.0 Å². The molecule has 0 bridgehead atoms. The molecule has 1 aromatic carbocycles. The van der Waals surface area contributed by atoms with Crippen LogP contribution in [-0.4, -0.2) is 46.3 Å². The summed E-state index contributed by atoms with van der Waals surface area (Å²) >= 11 is 0. The summed E-state index contributed by atoms with van der Waals surface area (Å²) in [5, 5.41) is 22.4. The third-order valence-electron chi connectivity index (χ3n) is 5.89. The fraction of sp³-hybridized carbons (Fsp3) is 0.619. The lowest BCUT2D eigenvalue weighted by atomic mass is 9.77. The summed E-state index contributed by atoms with van der Waals surface area (Å²) in [5.41, 5.74) is 1.28. The van der Waals surface area contributed by atoms with Gasteiger partial charge in [0.1, 0.15) is 0 Å². The SMILES string of the molecule is CC(C[C@@H](NC1CCN(C(=O)O)CC1C(=O)O)c1ccccc1)C(C)(C)C. The lowest BCUT2D eigenvalue weighted by Gasteiger charge is -2.39. The zero-order chi connectivity index (χ0) is 20.2. The Balaban J connectivity index is 2.20. The highest BCUT2D eigenvalue weighted by molar-refractivity contribution is 5.73. The van der Waals surface area contributed by atoms with Crippen molar-refractivity contribution in [3.8, 4) is 0 Å². The van der Waals surface area contributed by atoms with Crippen molar-refractivity contribution in [2.75, 3.05) is 13.1 Å². The van der Waals surface area contributed by atoms with Gasteiger partial charge in [-0.3, -0.25) is 4.79 Å². The van der Waals surface area contributed by atoms with E-state index in [1.807, 2.05) is 18.2 Å². The van der Waals surface area contributed by atoms with Crippen molar-refractivity contribution in [3.63, 3.8) is 0 Å². The van der Waals surface area contributed by atoms with Gasteiger partial charge in [-0.2, -0.15) is 0 Å². The average molecular weight is 376 g/mol. The standard InChI is InChI=1S/C21H32N2O4/c1-14(21(2,3)4)12-18(15-8-6-5-7-9-15)22-17-10-11-23(20(26)27)13-16(17)19(24)25/h5-9,14,16-18,22H,10-13H2,1-4H3,(H,24,25)(H,26,27)/t14?,16?,17?,18-/m1/s1. The van der Waals surface area contributed by atoms with E-state index in [0.29, 0.717) is 18.9 Å². The van der Waals surface area contributed by atoms with Crippen LogP contribution in [0.2, 0.25) is 0 Å². The highest BCUT2D eigenvalue weighted by atomic mass is 16.4. The molecule has 3 N–H and O–H groups in total. The highest BCUT2D eigenvalue weighted by Gasteiger charge is 2.37. The molecule has 150 valence electrons. The highest BCUT2D eigenvalue weighted by Crippen LogP contribution is 2.34. The first kappa shape index (κ1) is 21.2. The molecule has 1 aliphatic heterocycles. The summed E-state index contributed by atoms with van der Waals surface area (Å²) in [7, 11) is 0. The van der Waals surface area contributed by atoms with E-state index in [4.69, 9.17) is 0 Å². The minimum absolute atomic E-state index is 0.0265. The molecule has 4 atom stereocenters. The molecule has 1 amide bonds. The van der Waals surface area contributed by atoms with E-state index < -0.39 is 18.0 Å². The second-order valence-electron chi connectivity index (χ2n) is 8.70. The maximum absolute atomic E-state index is 11.8. The summed E-state index contributed by atoms with van der Waals surface area (Å²) in [5.74, 6) is -1.27. The minimum atomic E-state index is -1.05. The van der Waals surface area contributed by atoms with Gasteiger partial charge in [-0.15, -0.1) is 0 Å². The third-order valence-corrected chi connectivity index (χ3v) is 5.89. The number of likely N-dealkylation sites (tertiary alicyclic amines) is 1. The van der Waals surface area contributed by atoms with Crippen molar-refractivity contribution in [2.45, 2.75) is 52.6 Å². The number of hydrogen-bond donors (Lipinski definition) is 3. The zero-order valence-corrected chi connectivity index (χ0v) is 16.7. The number of nitrogens with one attached hydrogen (secondary N) is 1. The lowest BCUT2D eigenvalue weighted by Crippen LogP contribution is -2.54. The molecule has 0 radical (unpaired) electrons. The first-order valence-corrected chi connectivity index (χ1v) is 9.61. The Kier molecular flexibility index (Phi) is 6.87. The molecule has 1 fully saturated rings. The molecular formula is C21H32N2O4. The van der Waals surface area contributed by atoms with Crippen molar-refractivity contribution in [1.29, 1.82) is 0 Å². The number of aliphatic carboxylic acids is 1. The monoisotopic (exact) mass is 376 g/mol. The Bertz CT molecular complexity index is 641. The lowest BCUT2D eigenvalue weighted by molar-refractivity contribution is -0.144. The predicted octanol–water partition coefficient (Wildman–Crippen LogP) is 3.84. The van der Waals surface area contributed by atoms with Gasteiger partial charge in [-0.05, 0) is 29.7 Å². The van der Waals surface area contributed by atoms with E-state index in [-0.39, 0.29) is 24.0 Å². The number of hydrogen-bond acceptors (Lipinski definition) is 3. The number of benzene rings is 1. The Morgan fingerprint density at radius 1 is 1.22 bits per heavy atom. The van der Waals surface area contributed by atoms with Gasteiger partial charge in [0.05, 0.1) is 5.92 Å². The van der Waals surface area contributed by atoms with Crippen molar-refractivity contribution in [2.24, 2.45) is 17.3 Å². The van der Waals surface area contributed by atoms with Crippen LogP contribution in [0.15, 0.2) is 30.3 Å². The van der Waals surface area contributed by atoms with Crippen LogP contribution in [0.3, 0.4) is 0 Å². The molecule has 2 rings (SSSR count). The summed E-state index contributed by atoms with van der Waals surface area (Å²) < 4.78 is 0. The van der Waals surface area contributed by atoms with Crippen LogP contribution in [0.25, 0.3) is 0 Å². The van der Waals surface area contributed by atoms with Crippen molar-refractivity contribution in [3.05, 3.63) is 35.9 Å². The number of nitrogens with zero attached hydrogens (tertiary/aromatic N) is 1. The van der Waals surface area contributed by atoms with Gasteiger partial charge in [0.25, 0.3) is 0 Å². The summed E-state index contributed by atoms with van der Waals surface area (Å²) in [6.07, 6.45) is 0.329. The van der Waals surface area contributed by atoms with Gasteiger partial charge in [0.2, 0.25) is 0 Å². The molecule has 1 heterocycles. The van der Waals surface area contributed by atoms with E-state index in [1.54, 1.807) is 0 Å². The van der Waals surface area contributed by atoms with Crippen LogP contribution >= 0.6 is 0 Å². The fourth-order valence-corrected chi connectivity index (χ4v) is 3.53. The quantitative estimate of drug-likeness (QED) is 0.702. The van der Waals surface area contributed by atoms with Gasteiger partial charge in [0.15, 0.2) is 0 Å². The van der Waals surface area contributed by atoms with Gasteiger partial charge >= 0.3 is 12.1 Å². The summed E-state index contributed by atoms with van der Waals surface area (Å²) in [6, 6.07) is 9.86. The van der Waals surface area contributed by atoms with E-state index in [2.05, 4.69) is 45.1 Å². The van der Waals surface area contributed by atoms with Crippen LogP contribution in [0.4, 0.5) is 4.79 Å². The first-order chi connectivity index (χ1) is 12.6. The van der Waals surface area contributed by atoms with Crippen LogP contribution in [-0.2, 0) is 4.79 Å². The Hall–Kier alpha value is -2.08. The van der Waals surface area contributed by atoms with Gasteiger partial charge in [-0.25, -0.2) is 4.79 Å². The van der Waals surface area contributed by atoms with Crippen LogP contribution in [0.5, 0.6) is 0 Å². The van der Waals surface area contributed by atoms with Crippen molar-refractivity contribution < 1.29 is 19.8 Å². The normalized spacial score (nSPS) is 22.9. The number of carbonyl (C=O) groups is 2. The number of amides is 1. The van der Waals surface area contributed by atoms with Gasteiger partial charge in [0, 0.05) is 25.2 Å². The number of carboxylic acids is 1. The van der Waals surface area contributed by atoms with Crippen molar-refractivity contribution in [1.82, 2.24) is 10.2 Å². The minimum Gasteiger partial charge on any atom is -0.481 e. The van der Waals surface area contributed by atoms with E-state index in [0.717, 1.165) is 12.0 Å². The third kappa shape index (κ3) is 5.70. The first-order valence-electron chi connectivity index (χ1n) is 9.61. The molecule has 0 saturated carbocycles. The van der Waals surface area contributed by atoms with Crippen LogP contribution in [0.1, 0.15) is 52.1 Å². The van der Waals surface area contributed by atoms with Crippen LogP contribution in [0, 0.1) is 17.3 Å². The van der Waals surface area contributed by atoms with Gasteiger partial charge < -0.3 is 20.4 Å². The number of carboxylic acid groups (broad SMARTS) is 2. The number of piperidine rings is 1. The molecule has 1 aromatic rings. The Morgan fingerprint density at radius 3 is 2.37 bits per heavy atom. The fourth-order valence-electron chi connectivity index (χ4n) is 3.53. The molecule has 3 unspecified atom stereocenters. The molecule has 0 aromatic heterocycles. The van der Waals surface area contributed by atoms with E-state index >= 15 is 0 Å². The van der Waals surface area contributed by atoms with Crippen LogP contribution < -0.4 is 5.32 Å². The molecule has 27 heavy (non-hydrogen) atoms. The second-order valence-corrected chi connectivity index (χ2v) is 8.70. The number of rotatable bonds is 6. The average Bonchev–Trinajstić information content (AvgIpc) is 2.60. The molecule has 6 heteroatoms. The zero-order valence-electron chi connectivity index (χ0n) is 16.7. The summed E-state index contributed by atoms with van der Waals surface area (Å²) in [4.78, 5) is 24.2. The predicted molar refractivity (Wildman–Crippen MR) is 105 cm³/mol. The maximum Gasteiger partial charge on any atom is 0.407 e. The molecule has 0 spiro atoms. The second kappa shape index (κ2) is 8.74. The van der Waals surface area contributed by atoms with E-state index in [1.165, 1.54) is 4.90 Å². The van der Waals surface area contributed by atoms with Crippen molar-refractivity contribution >= 4 is 12.1 Å². The molecule has 6 nitrogen and oxygen atoms in total.